The van der Waals surface area contributed by atoms with Crippen LogP contribution in [0.1, 0.15) is 25.0 Å². The Bertz CT molecular complexity index is 1020. The number of anilines is 1. The molecule has 0 radical (unpaired) electrons. The minimum atomic E-state index is -0.265. The predicted octanol–water partition coefficient (Wildman–Crippen LogP) is 4.63. The molecule has 1 aliphatic heterocycles. The Balaban J connectivity index is 1.69. The number of benzene rings is 2. The van der Waals surface area contributed by atoms with Crippen LogP contribution >= 0.6 is 24.0 Å². The fourth-order valence-corrected chi connectivity index (χ4v) is 4.29. The number of hydrogen-bond acceptors (Lipinski definition) is 6. The molecule has 162 valence electrons. The van der Waals surface area contributed by atoms with Gasteiger partial charge in [0.25, 0.3) is 11.8 Å². The van der Waals surface area contributed by atoms with Crippen LogP contribution in [0.3, 0.4) is 0 Å². The Morgan fingerprint density at radius 2 is 1.87 bits per heavy atom. The molecule has 0 atom stereocenters. The maximum atomic E-state index is 12.4. The normalized spacial score (nSPS) is 14.8. The Morgan fingerprint density at radius 1 is 1.13 bits per heavy atom. The molecule has 8 heteroatoms. The number of carbonyl (C=O) groups excluding carboxylic acids is 2. The number of nitrogens with zero attached hydrogens (tertiary/aromatic N) is 1. The molecule has 0 aliphatic carbocycles. The molecule has 1 saturated heterocycles. The van der Waals surface area contributed by atoms with Gasteiger partial charge in [0.2, 0.25) is 0 Å². The van der Waals surface area contributed by atoms with E-state index in [1.54, 1.807) is 23.1 Å². The first-order valence-corrected chi connectivity index (χ1v) is 11.1. The third-order valence-corrected chi connectivity index (χ3v) is 5.83. The molecule has 3 rings (SSSR count). The smallest absolute Gasteiger partial charge is 0.266 e. The molecule has 6 nitrogen and oxygen atoms in total. The molecule has 1 heterocycles. The highest BCUT2D eigenvalue weighted by atomic mass is 32.2. The minimum Gasteiger partial charge on any atom is -0.490 e. The van der Waals surface area contributed by atoms with E-state index in [1.165, 1.54) is 11.8 Å². The second-order valence-electron chi connectivity index (χ2n) is 6.77. The van der Waals surface area contributed by atoms with Gasteiger partial charge in [-0.15, -0.1) is 0 Å². The van der Waals surface area contributed by atoms with E-state index in [0.717, 1.165) is 11.1 Å². The Hall–Kier alpha value is -2.84. The molecule has 1 fully saturated rings. The lowest BCUT2D eigenvalue weighted by Crippen LogP contribution is -2.27. The topological polar surface area (TPSA) is 67.9 Å². The van der Waals surface area contributed by atoms with Crippen molar-refractivity contribution in [1.29, 1.82) is 0 Å². The molecule has 2 aromatic carbocycles. The Morgan fingerprint density at radius 3 is 2.52 bits per heavy atom. The first kappa shape index (κ1) is 22.8. The second-order valence-corrected chi connectivity index (χ2v) is 8.44. The van der Waals surface area contributed by atoms with Crippen molar-refractivity contribution in [3.63, 3.8) is 0 Å². The van der Waals surface area contributed by atoms with Crippen molar-refractivity contribution >= 4 is 51.9 Å². The largest absolute Gasteiger partial charge is 0.490 e. The van der Waals surface area contributed by atoms with Gasteiger partial charge in [-0.05, 0) is 56.7 Å². The van der Waals surface area contributed by atoms with Gasteiger partial charge in [-0.3, -0.25) is 14.5 Å². The maximum absolute atomic E-state index is 12.4. The molecule has 0 bridgehead atoms. The lowest BCUT2D eigenvalue weighted by atomic mass is 10.2. The third kappa shape index (κ3) is 5.86. The van der Waals surface area contributed by atoms with Crippen LogP contribution in [0, 0.1) is 6.92 Å². The standard InChI is InChI=1S/C23H24N2O4S2/c1-4-25-22(27)20(31-23(25)30)13-16-8-11-18(19(12-16)28-5-2)29-14-21(26)24-17-9-6-15(3)7-10-17/h6-13H,4-5,14H2,1-3H3,(H,24,26)/b20-13+. The average molecular weight is 457 g/mol. The molecule has 1 N–H and O–H groups in total. The number of hydrogen-bond donors (Lipinski definition) is 1. The molecular weight excluding hydrogens is 432 g/mol. The van der Waals surface area contributed by atoms with Crippen molar-refractivity contribution in [2.75, 3.05) is 25.1 Å². The number of ether oxygens (including phenoxy) is 2. The van der Waals surface area contributed by atoms with Crippen LogP contribution in [0.4, 0.5) is 5.69 Å². The molecule has 1 aliphatic rings. The summed E-state index contributed by atoms with van der Waals surface area (Å²) in [6, 6.07) is 12.9. The summed E-state index contributed by atoms with van der Waals surface area (Å²) in [6.07, 6.45) is 1.78. The Labute approximate surface area is 191 Å². The molecule has 0 spiro atoms. The highest BCUT2D eigenvalue weighted by Crippen LogP contribution is 2.34. The zero-order valence-corrected chi connectivity index (χ0v) is 19.3. The quantitative estimate of drug-likeness (QED) is 0.461. The number of nitrogens with one attached hydrogen (secondary N) is 1. The molecular formula is C23H24N2O4S2. The zero-order valence-electron chi connectivity index (χ0n) is 17.6. The number of thioether (sulfide) groups is 1. The fraction of sp³-hybridized carbons (Fsp3) is 0.261. The van der Waals surface area contributed by atoms with Gasteiger partial charge in [0, 0.05) is 12.2 Å². The van der Waals surface area contributed by atoms with Gasteiger partial charge in [-0.25, -0.2) is 0 Å². The fourth-order valence-electron chi connectivity index (χ4n) is 2.90. The number of amides is 2. The van der Waals surface area contributed by atoms with E-state index in [9.17, 15) is 9.59 Å². The van der Waals surface area contributed by atoms with Gasteiger partial charge in [0.1, 0.15) is 4.32 Å². The highest BCUT2D eigenvalue weighted by molar-refractivity contribution is 8.26. The van der Waals surface area contributed by atoms with Crippen LogP contribution < -0.4 is 14.8 Å². The summed E-state index contributed by atoms with van der Waals surface area (Å²) in [6.45, 7) is 6.58. The summed E-state index contributed by atoms with van der Waals surface area (Å²) < 4.78 is 11.9. The van der Waals surface area contributed by atoms with E-state index in [2.05, 4.69) is 5.32 Å². The number of likely N-dealkylation sites (N-methyl/N-ethyl adjacent to an activating group) is 1. The van der Waals surface area contributed by atoms with Crippen LogP contribution in [-0.4, -0.2) is 40.8 Å². The predicted molar refractivity (Wildman–Crippen MR) is 128 cm³/mol. The minimum absolute atomic E-state index is 0.0939. The van der Waals surface area contributed by atoms with Crippen LogP contribution in [0.15, 0.2) is 47.4 Å². The first-order valence-electron chi connectivity index (χ1n) is 9.92. The van der Waals surface area contributed by atoms with Gasteiger partial charge in [0.05, 0.1) is 11.5 Å². The summed E-state index contributed by atoms with van der Waals surface area (Å²) in [5, 5.41) is 2.80. The van der Waals surface area contributed by atoms with E-state index < -0.39 is 0 Å². The van der Waals surface area contributed by atoms with Crippen molar-refractivity contribution in [2.45, 2.75) is 20.8 Å². The van der Waals surface area contributed by atoms with Gasteiger partial charge in [-0.2, -0.15) is 0 Å². The molecule has 0 unspecified atom stereocenters. The van der Waals surface area contributed by atoms with E-state index in [4.69, 9.17) is 21.7 Å². The van der Waals surface area contributed by atoms with Crippen LogP contribution in [0.2, 0.25) is 0 Å². The Kier molecular flexibility index (Phi) is 7.70. The van der Waals surface area contributed by atoms with Crippen LogP contribution in [-0.2, 0) is 9.59 Å². The molecule has 2 aromatic rings. The van der Waals surface area contributed by atoms with E-state index in [1.807, 2.05) is 51.1 Å². The monoisotopic (exact) mass is 456 g/mol. The SMILES string of the molecule is CCOc1cc(/C=C2/SC(=S)N(CC)C2=O)ccc1OCC(=O)Nc1ccc(C)cc1. The maximum Gasteiger partial charge on any atom is 0.266 e. The number of thiocarbonyl (C=S) groups is 1. The van der Waals surface area contributed by atoms with E-state index in [-0.39, 0.29) is 18.4 Å². The van der Waals surface area contributed by atoms with Crippen LogP contribution in [0.5, 0.6) is 11.5 Å². The molecule has 2 amide bonds. The van der Waals surface area contributed by atoms with Crippen molar-refractivity contribution < 1.29 is 19.1 Å². The number of rotatable bonds is 8. The summed E-state index contributed by atoms with van der Waals surface area (Å²) in [7, 11) is 0. The summed E-state index contributed by atoms with van der Waals surface area (Å²) in [5.41, 5.74) is 2.62. The number of carbonyl (C=O) groups is 2. The van der Waals surface area contributed by atoms with Crippen molar-refractivity contribution in [2.24, 2.45) is 0 Å². The zero-order chi connectivity index (χ0) is 22.4. The van der Waals surface area contributed by atoms with Gasteiger partial charge < -0.3 is 14.8 Å². The van der Waals surface area contributed by atoms with E-state index in [0.29, 0.717) is 39.6 Å². The third-order valence-electron chi connectivity index (χ3n) is 4.45. The number of aryl methyl sites for hydroxylation is 1. The summed E-state index contributed by atoms with van der Waals surface area (Å²) >= 11 is 6.54. The van der Waals surface area contributed by atoms with Gasteiger partial charge >= 0.3 is 0 Å². The summed E-state index contributed by atoms with van der Waals surface area (Å²) in [5.74, 6) is 0.603. The van der Waals surface area contributed by atoms with E-state index >= 15 is 0 Å². The van der Waals surface area contributed by atoms with Crippen molar-refractivity contribution in [3.05, 3.63) is 58.5 Å². The lowest BCUT2D eigenvalue weighted by molar-refractivity contribution is -0.122. The molecule has 31 heavy (non-hydrogen) atoms. The second kappa shape index (κ2) is 10.5. The van der Waals surface area contributed by atoms with Gasteiger partial charge in [0.15, 0.2) is 18.1 Å². The average Bonchev–Trinajstić information content (AvgIpc) is 3.01. The summed E-state index contributed by atoms with van der Waals surface area (Å²) in [4.78, 5) is 26.8. The molecule has 0 aromatic heterocycles. The van der Waals surface area contributed by atoms with Gasteiger partial charge in [-0.1, -0.05) is 47.7 Å². The first-order chi connectivity index (χ1) is 14.9. The van der Waals surface area contributed by atoms with Crippen molar-refractivity contribution in [3.8, 4) is 11.5 Å². The van der Waals surface area contributed by atoms with Crippen LogP contribution in [0.25, 0.3) is 6.08 Å². The lowest BCUT2D eigenvalue weighted by Gasteiger charge is -2.13. The molecule has 0 saturated carbocycles. The van der Waals surface area contributed by atoms with Crippen molar-refractivity contribution in [1.82, 2.24) is 4.90 Å². The highest BCUT2D eigenvalue weighted by Gasteiger charge is 2.30.